The molecule has 9 unspecified atom stereocenters. The first-order valence-corrected chi connectivity index (χ1v) is 12.2. The van der Waals surface area contributed by atoms with E-state index in [4.69, 9.17) is 11.3 Å². The van der Waals surface area contributed by atoms with Crippen LogP contribution in [-0.4, -0.2) is 25.3 Å². The van der Waals surface area contributed by atoms with Crippen molar-refractivity contribution in [3.05, 3.63) is 24.8 Å². The van der Waals surface area contributed by atoms with Gasteiger partial charge in [0.05, 0.1) is 6.10 Å². The van der Waals surface area contributed by atoms with Crippen LogP contribution in [0.4, 0.5) is 0 Å². The quantitative estimate of drug-likeness (QED) is 0.492. The van der Waals surface area contributed by atoms with E-state index in [0.717, 1.165) is 6.42 Å². The van der Waals surface area contributed by atoms with Crippen LogP contribution >= 0.6 is 0 Å². The van der Waals surface area contributed by atoms with Crippen LogP contribution < -0.4 is 5.32 Å². The summed E-state index contributed by atoms with van der Waals surface area (Å²) in [7, 11) is 1.81. The maximum atomic E-state index is 5.78. The molecule has 1 aliphatic heterocycles. The molecule has 0 spiro atoms. The molecule has 2 rings (SSSR count). The number of methoxy groups -OCH3 is 1. The summed E-state index contributed by atoms with van der Waals surface area (Å²) in [5, 5.41) is 3.96. The Kier molecular flexibility index (Phi) is 7.47. The first kappa shape index (κ1) is 25.7. The van der Waals surface area contributed by atoms with Crippen LogP contribution in [0.2, 0.25) is 0 Å². The van der Waals surface area contributed by atoms with Gasteiger partial charge in [-0.25, -0.2) is 0 Å². The van der Waals surface area contributed by atoms with Gasteiger partial charge in [-0.05, 0) is 72.5 Å². The highest BCUT2D eigenvalue weighted by molar-refractivity contribution is 5.21. The van der Waals surface area contributed by atoms with Gasteiger partial charge in [0.1, 0.15) is 0 Å². The van der Waals surface area contributed by atoms with E-state index < -0.39 is 0 Å². The van der Waals surface area contributed by atoms with Gasteiger partial charge in [0.25, 0.3) is 0 Å². The minimum Gasteiger partial charge on any atom is -0.377 e. The van der Waals surface area contributed by atoms with Crippen LogP contribution in [0.5, 0.6) is 0 Å². The Morgan fingerprint density at radius 1 is 1.10 bits per heavy atom. The number of nitrogens with one attached hydrogen (secondary N) is 1. The lowest BCUT2D eigenvalue weighted by atomic mass is 9.47. The SMILES string of the molecule is C=CC(CC1(C)C(C)CC(C)(C)C2C(C)C(C)NC(C)C(C)(C)C2C(=C)C1C)OC. The zero-order valence-corrected chi connectivity index (χ0v) is 21.9. The van der Waals surface area contributed by atoms with Gasteiger partial charge in [-0.3, -0.25) is 0 Å². The van der Waals surface area contributed by atoms with E-state index in [1.54, 1.807) is 0 Å². The van der Waals surface area contributed by atoms with Crippen molar-refractivity contribution in [2.24, 2.45) is 45.8 Å². The Morgan fingerprint density at radius 2 is 1.67 bits per heavy atom. The maximum absolute atomic E-state index is 5.78. The number of allylic oxidation sites excluding steroid dienone is 1. The Balaban J connectivity index is 2.67. The predicted octanol–water partition coefficient (Wildman–Crippen LogP) is 7.12. The van der Waals surface area contributed by atoms with Crippen molar-refractivity contribution in [2.45, 2.75) is 100 Å². The van der Waals surface area contributed by atoms with Crippen molar-refractivity contribution in [3.63, 3.8) is 0 Å². The van der Waals surface area contributed by atoms with Crippen LogP contribution in [0.1, 0.15) is 82.1 Å². The van der Waals surface area contributed by atoms with Gasteiger partial charge < -0.3 is 10.1 Å². The molecule has 2 heteroatoms. The zero-order chi connectivity index (χ0) is 23.2. The molecule has 0 aromatic rings. The lowest BCUT2D eigenvalue weighted by Gasteiger charge is -2.57. The third kappa shape index (κ3) is 4.20. The summed E-state index contributed by atoms with van der Waals surface area (Å²) >= 11 is 0. The molecular weight excluding hydrogens is 366 g/mol. The summed E-state index contributed by atoms with van der Waals surface area (Å²) in [6.07, 6.45) is 4.30. The Morgan fingerprint density at radius 3 is 2.17 bits per heavy atom. The smallest absolute Gasteiger partial charge is 0.0754 e. The summed E-state index contributed by atoms with van der Waals surface area (Å²) < 4.78 is 5.78. The highest BCUT2D eigenvalue weighted by atomic mass is 16.5. The van der Waals surface area contributed by atoms with Gasteiger partial charge >= 0.3 is 0 Å². The summed E-state index contributed by atoms with van der Waals surface area (Å²) in [5.74, 6) is 2.72. The summed E-state index contributed by atoms with van der Waals surface area (Å²) in [6, 6.07) is 0.962. The van der Waals surface area contributed by atoms with Crippen molar-refractivity contribution < 1.29 is 4.74 Å². The molecule has 0 amide bonds. The van der Waals surface area contributed by atoms with Crippen LogP contribution in [0.25, 0.3) is 0 Å². The molecule has 0 aromatic heterocycles. The fourth-order valence-electron chi connectivity index (χ4n) is 7.33. The van der Waals surface area contributed by atoms with Crippen molar-refractivity contribution in [1.29, 1.82) is 0 Å². The molecule has 30 heavy (non-hydrogen) atoms. The van der Waals surface area contributed by atoms with Crippen LogP contribution in [0, 0.1) is 45.8 Å². The normalized spacial score (nSPS) is 44.9. The van der Waals surface area contributed by atoms with Gasteiger partial charge in [-0.1, -0.05) is 73.6 Å². The molecule has 1 saturated heterocycles. The molecule has 0 bridgehead atoms. The average molecular weight is 418 g/mol. The second-order valence-electron chi connectivity index (χ2n) is 12.5. The molecule has 1 aliphatic carbocycles. The number of rotatable bonds is 4. The Labute approximate surface area is 188 Å². The molecule has 1 heterocycles. The van der Waals surface area contributed by atoms with Gasteiger partial charge in [-0.2, -0.15) is 0 Å². The molecule has 2 nitrogen and oxygen atoms in total. The van der Waals surface area contributed by atoms with E-state index in [0.29, 0.717) is 41.7 Å². The van der Waals surface area contributed by atoms with E-state index in [9.17, 15) is 0 Å². The summed E-state index contributed by atoms with van der Waals surface area (Å²) in [5.41, 5.74) is 1.97. The standard InChI is InChI=1S/C28H51NO/c1-14-23(30-13)16-28(12)17(2)15-26(8,9)24-19(4)21(6)29-22(7)27(10,11)25(24)18(3)20(28)5/h14,17,19-25,29H,1,3,15-16H2,2,4-13H3. The first-order chi connectivity index (χ1) is 13.6. The van der Waals surface area contributed by atoms with Gasteiger partial charge in [0.15, 0.2) is 0 Å². The van der Waals surface area contributed by atoms with Crippen LogP contribution in [0.3, 0.4) is 0 Å². The lowest BCUT2D eigenvalue weighted by molar-refractivity contribution is -0.0467. The molecular formula is C28H51NO. The highest BCUT2D eigenvalue weighted by Crippen LogP contribution is 2.61. The maximum Gasteiger partial charge on any atom is 0.0754 e. The van der Waals surface area contributed by atoms with Gasteiger partial charge in [0.2, 0.25) is 0 Å². The molecule has 0 aromatic carbocycles. The van der Waals surface area contributed by atoms with Crippen molar-refractivity contribution in [3.8, 4) is 0 Å². The van der Waals surface area contributed by atoms with Gasteiger partial charge in [0, 0.05) is 19.2 Å². The molecule has 9 atom stereocenters. The Hall–Kier alpha value is -0.600. The molecule has 2 aliphatic rings. The van der Waals surface area contributed by atoms with E-state index in [-0.39, 0.29) is 22.3 Å². The third-order valence-electron chi connectivity index (χ3n) is 10.2. The number of fused-ring (bicyclic) bond motifs is 1. The van der Waals surface area contributed by atoms with E-state index in [1.165, 1.54) is 12.0 Å². The Bertz CT molecular complexity index is 635. The fourth-order valence-corrected chi connectivity index (χ4v) is 7.33. The second kappa shape index (κ2) is 8.74. The number of hydrogen-bond acceptors (Lipinski definition) is 2. The average Bonchev–Trinajstić information content (AvgIpc) is 2.72. The summed E-state index contributed by atoms with van der Waals surface area (Å²) in [4.78, 5) is 0. The van der Waals surface area contributed by atoms with Crippen molar-refractivity contribution in [1.82, 2.24) is 5.32 Å². The minimum atomic E-state index is 0.0905. The highest BCUT2D eigenvalue weighted by Gasteiger charge is 2.56. The third-order valence-corrected chi connectivity index (χ3v) is 10.2. The zero-order valence-electron chi connectivity index (χ0n) is 21.9. The predicted molar refractivity (Wildman–Crippen MR) is 132 cm³/mol. The monoisotopic (exact) mass is 417 g/mol. The molecule has 1 saturated carbocycles. The number of hydrogen-bond donors (Lipinski definition) is 1. The van der Waals surface area contributed by atoms with E-state index in [2.05, 4.69) is 81.1 Å². The van der Waals surface area contributed by atoms with Crippen LogP contribution in [-0.2, 0) is 4.74 Å². The minimum absolute atomic E-state index is 0.0905. The largest absolute Gasteiger partial charge is 0.377 e. The van der Waals surface area contributed by atoms with Crippen molar-refractivity contribution in [2.75, 3.05) is 7.11 Å². The van der Waals surface area contributed by atoms with Crippen molar-refractivity contribution >= 4 is 0 Å². The summed E-state index contributed by atoms with van der Waals surface area (Å²) in [6.45, 7) is 33.6. The first-order valence-electron chi connectivity index (χ1n) is 12.2. The lowest BCUT2D eigenvalue weighted by Crippen LogP contribution is -2.52. The fraction of sp³-hybridized carbons (Fsp3) is 0.857. The van der Waals surface area contributed by atoms with Gasteiger partial charge in [-0.15, -0.1) is 6.58 Å². The van der Waals surface area contributed by atoms with E-state index >= 15 is 0 Å². The van der Waals surface area contributed by atoms with E-state index in [1.807, 2.05) is 13.2 Å². The topological polar surface area (TPSA) is 21.3 Å². The molecule has 1 N–H and O–H groups in total. The molecule has 174 valence electrons. The second-order valence-corrected chi connectivity index (χ2v) is 12.5. The number of ether oxygens (including phenoxy) is 1. The molecule has 2 fully saturated rings. The van der Waals surface area contributed by atoms with Crippen LogP contribution in [0.15, 0.2) is 24.8 Å². The molecule has 0 radical (unpaired) electrons.